The molecule has 0 saturated carbocycles. The van der Waals surface area contributed by atoms with Gasteiger partial charge in [0.05, 0.1) is 0 Å². The normalized spacial score (nSPS) is 15.8. The molecule has 0 aromatic heterocycles. The Morgan fingerprint density at radius 1 is 0.938 bits per heavy atom. The van der Waals surface area contributed by atoms with Crippen LogP contribution >= 0.6 is 0 Å². The molecule has 0 rings (SSSR count). The van der Waals surface area contributed by atoms with Gasteiger partial charge in [-0.15, -0.1) is 0 Å². The summed E-state index contributed by atoms with van der Waals surface area (Å²) in [6.45, 7) is 14.2. The van der Waals surface area contributed by atoms with E-state index in [1.807, 2.05) is 0 Å². The van der Waals surface area contributed by atoms with Gasteiger partial charge in [0.15, 0.2) is 0 Å². The first kappa shape index (κ1) is 16.0. The van der Waals surface area contributed by atoms with Crippen molar-refractivity contribution in [3.8, 4) is 0 Å². The first-order valence-electron chi connectivity index (χ1n) is 7.38. The van der Waals surface area contributed by atoms with Gasteiger partial charge in [-0.1, -0.05) is 67.2 Å². The number of unbranched alkanes of at least 4 members (excludes halogenated alkanes) is 1. The summed E-state index contributed by atoms with van der Waals surface area (Å²) < 4.78 is 0. The number of hydrogen-bond acceptors (Lipinski definition) is 0. The predicted molar refractivity (Wildman–Crippen MR) is 75.5 cm³/mol. The lowest BCUT2D eigenvalue weighted by molar-refractivity contribution is 0.157. The molecular formula is C16H33. The van der Waals surface area contributed by atoms with E-state index in [0.717, 1.165) is 5.92 Å². The third kappa shape index (κ3) is 4.11. The van der Waals surface area contributed by atoms with Crippen molar-refractivity contribution in [3.05, 3.63) is 5.92 Å². The highest BCUT2D eigenvalue weighted by Crippen LogP contribution is 2.47. The van der Waals surface area contributed by atoms with E-state index in [4.69, 9.17) is 0 Å². The molecule has 1 atom stereocenters. The average Bonchev–Trinajstić information content (AvgIpc) is 2.24. The molecule has 0 bridgehead atoms. The lowest BCUT2D eigenvalue weighted by atomic mass is 9.62. The minimum atomic E-state index is 0.529. The van der Waals surface area contributed by atoms with Crippen molar-refractivity contribution in [2.24, 2.45) is 11.3 Å². The van der Waals surface area contributed by atoms with Gasteiger partial charge < -0.3 is 0 Å². The Morgan fingerprint density at radius 2 is 1.56 bits per heavy atom. The van der Waals surface area contributed by atoms with Crippen LogP contribution in [0.15, 0.2) is 0 Å². The van der Waals surface area contributed by atoms with Gasteiger partial charge in [0.2, 0.25) is 0 Å². The Labute approximate surface area is 104 Å². The monoisotopic (exact) mass is 225 g/mol. The van der Waals surface area contributed by atoms with Gasteiger partial charge in [-0.3, -0.25) is 0 Å². The van der Waals surface area contributed by atoms with E-state index < -0.39 is 0 Å². The van der Waals surface area contributed by atoms with Gasteiger partial charge in [0.25, 0.3) is 0 Å². The van der Waals surface area contributed by atoms with Crippen molar-refractivity contribution in [2.75, 3.05) is 0 Å². The zero-order valence-electron chi connectivity index (χ0n) is 12.5. The highest BCUT2D eigenvalue weighted by molar-refractivity contribution is 5.05. The van der Waals surface area contributed by atoms with E-state index in [9.17, 15) is 0 Å². The Kier molecular flexibility index (Phi) is 8.14. The summed E-state index contributed by atoms with van der Waals surface area (Å²) in [7, 11) is 0. The zero-order chi connectivity index (χ0) is 12.6. The van der Waals surface area contributed by atoms with E-state index >= 15 is 0 Å². The highest BCUT2D eigenvalue weighted by atomic mass is 14.4. The molecule has 0 fully saturated rings. The van der Waals surface area contributed by atoms with Crippen LogP contribution in [0.4, 0.5) is 0 Å². The van der Waals surface area contributed by atoms with Gasteiger partial charge in [0.1, 0.15) is 0 Å². The minimum Gasteiger partial charge on any atom is -0.0654 e. The molecule has 0 aliphatic carbocycles. The van der Waals surface area contributed by atoms with Crippen molar-refractivity contribution in [2.45, 2.75) is 86.5 Å². The molecule has 0 aliphatic rings. The predicted octanol–water partition coefficient (Wildman–Crippen LogP) is 6.01. The van der Waals surface area contributed by atoms with Crippen molar-refractivity contribution in [1.29, 1.82) is 0 Å². The second-order valence-corrected chi connectivity index (χ2v) is 5.69. The van der Waals surface area contributed by atoms with Crippen LogP contribution in [0.5, 0.6) is 0 Å². The Hall–Kier alpha value is 0. The molecule has 1 unspecified atom stereocenters. The van der Waals surface area contributed by atoms with Gasteiger partial charge >= 0.3 is 0 Å². The SMILES string of the molecule is CCCCC(CCC)([C](C)CCC)C(C)C. The summed E-state index contributed by atoms with van der Waals surface area (Å²) in [4.78, 5) is 0. The molecular weight excluding hydrogens is 192 g/mol. The molecule has 0 heteroatoms. The maximum absolute atomic E-state index is 2.42. The summed E-state index contributed by atoms with van der Waals surface area (Å²) in [6, 6.07) is 0. The van der Waals surface area contributed by atoms with Crippen LogP contribution in [0.25, 0.3) is 0 Å². The van der Waals surface area contributed by atoms with E-state index in [0.29, 0.717) is 5.41 Å². The Morgan fingerprint density at radius 3 is 1.94 bits per heavy atom. The average molecular weight is 225 g/mol. The maximum atomic E-state index is 2.42. The summed E-state index contributed by atoms with van der Waals surface area (Å²) in [6.07, 6.45) is 9.45. The minimum absolute atomic E-state index is 0.529. The van der Waals surface area contributed by atoms with Crippen molar-refractivity contribution in [3.63, 3.8) is 0 Å². The Bertz CT molecular complexity index is 159. The lowest BCUT2D eigenvalue weighted by Crippen LogP contribution is -2.33. The molecule has 0 aromatic carbocycles. The summed E-state index contributed by atoms with van der Waals surface area (Å²) >= 11 is 0. The van der Waals surface area contributed by atoms with Gasteiger partial charge in [-0.2, -0.15) is 0 Å². The second kappa shape index (κ2) is 8.14. The summed E-state index contributed by atoms with van der Waals surface area (Å²) in [5.74, 6) is 2.56. The fourth-order valence-corrected chi connectivity index (χ4v) is 3.18. The van der Waals surface area contributed by atoms with Crippen LogP contribution in [-0.4, -0.2) is 0 Å². The molecule has 0 nitrogen and oxygen atoms in total. The topological polar surface area (TPSA) is 0 Å². The van der Waals surface area contributed by atoms with Crippen molar-refractivity contribution >= 4 is 0 Å². The van der Waals surface area contributed by atoms with Crippen LogP contribution in [0.2, 0.25) is 0 Å². The van der Waals surface area contributed by atoms with Crippen LogP contribution < -0.4 is 0 Å². The van der Waals surface area contributed by atoms with Crippen LogP contribution in [0.3, 0.4) is 0 Å². The van der Waals surface area contributed by atoms with Crippen molar-refractivity contribution in [1.82, 2.24) is 0 Å². The van der Waals surface area contributed by atoms with E-state index in [1.54, 1.807) is 5.92 Å². The van der Waals surface area contributed by atoms with E-state index in [2.05, 4.69) is 41.5 Å². The largest absolute Gasteiger partial charge is 0.0654 e. The smallest absolute Gasteiger partial charge is 0.0208 e. The third-order valence-electron chi connectivity index (χ3n) is 4.25. The number of hydrogen-bond donors (Lipinski definition) is 0. The Balaban J connectivity index is 4.76. The van der Waals surface area contributed by atoms with Crippen molar-refractivity contribution < 1.29 is 0 Å². The van der Waals surface area contributed by atoms with Gasteiger partial charge in [-0.05, 0) is 36.5 Å². The molecule has 0 N–H and O–H groups in total. The quantitative estimate of drug-likeness (QED) is 0.450. The van der Waals surface area contributed by atoms with Gasteiger partial charge in [-0.25, -0.2) is 0 Å². The molecule has 0 heterocycles. The maximum Gasteiger partial charge on any atom is -0.0208 e. The van der Waals surface area contributed by atoms with E-state index in [-0.39, 0.29) is 0 Å². The first-order chi connectivity index (χ1) is 7.55. The third-order valence-corrected chi connectivity index (χ3v) is 4.25. The molecule has 0 spiro atoms. The lowest BCUT2D eigenvalue weighted by Gasteiger charge is -2.43. The van der Waals surface area contributed by atoms with Crippen LogP contribution in [0, 0.1) is 17.3 Å². The summed E-state index contributed by atoms with van der Waals surface area (Å²) in [5.41, 5.74) is 0.529. The molecule has 0 amide bonds. The summed E-state index contributed by atoms with van der Waals surface area (Å²) in [5, 5.41) is 0. The highest BCUT2D eigenvalue weighted by Gasteiger charge is 2.37. The molecule has 0 aromatic rings. The van der Waals surface area contributed by atoms with Crippen LogP contribution in [-0.2, 0) is 0 Å². The molecule has 1 radical (unpaired) electrons. The second-order valence-electron chi connectivity index (χ2n) is 5.69. The zero-order valence-corrected chi connectivity index (χ0v) is 12.5. The van der Waals surface area contributed by atoms with Gasteiger partial charge in [0, 0.05) is 0 Å². The molecule has 16 heavy (non-hydrogen) atoms. The molecule has 0 saturated heterocycles. The van der Waals surface area contributed by atoms with E-state index in [1.165, 1.54) is 44.9 Å². The molecule has 97 valence electrons. The first-order valence-corrected chi connectivity index (χ1v) is 7.38. The standard InChI is InChI=1S/C16H33/c1-7-10-13-16(12-9-3,14(4)5)15(6)11-8-2/h14H,7-13H2,1-6H3. The fourth-order valence-electron chi connectivity index (χ4n) is 3.18. The van der Waals surface area contributed by atoms with Crippen LogP contribution in [0.1, 0.15) is 86.5 Å². The molecule has 0 aliphatic heterocycles. The fraction of sp³-hybridized carbons (Fsp3) is 0.938. The number of rotatable bonds is 9.